The van der Waals surface area contributed by atoms with E-state index in [1.165, 1.54) is 0 Å². The van der Waals surface area contributed by atoms with E-state index in [0.717, 1.165) is 17.5 Å². The molecule has 0 heterocycles. The van der Waals surface area contributed by atoms with Crippen LogP contribution in [0.5, 0.6) is 0 Å². The van der Waals surface area contributed by atoms with Crippen molar-refractivity contribution >= 4 is 11.6 Å². The second kappa shape index (κ2) is 3.47. The molecule has 0 aliphatic heterocycles. The Bertz CT molecular complexity index is 345. The molecule has 0 spiro atoms. The maximum atomic E-state index is 11.0. The molecule has 1 amide bonds. The number of nitrogens with two attached hydrogens (primary N) is 2. The quantitative estimate of drug-likeness (QED) is 0.669. The van der Waals surface area contributed by atoms with Crippen molar-refractivity contribution in [3.63, 3.8) is 0 Å². The van der Waals surface area contributed by atoms with Crippen molar-refractivity contribution in [2.24, 2.45) is 5.73 Å². The number of amides is 1. The minimum atomic E-state index is -0.413. The molecular weight excluding hydrogens is 164 g/mol. The Balaban J connectivity index is 3.38. The molecule has 1 aromatic carbocycles. The maximum Gasteiger partial charge on any atom is 0.249 e. The largest absolute Gasteiger partial charge is 0.398 e. The van der Waals surface area contributed by atoms with Gasteiger partial charge in [-0.2, -0.15) is 0 Å². The van der Waals surface area contributed by atoms with Gasteiger partial charge < -0.3 is 11.5 Å². The van der Waals surface area contributed by atoms with Crippen LogP contribution in [-0.2, 0) is 6.42 Å². The van der Waals surface area contributed by atoms with Gasteiger partial charge in [0, 0.05) is 11.3 Å². The summed E-state index contributed by atoms with van der Waals surface area (Å²) in [6, 6.07) is 3.54. The molecule has 0 unspecified atom stereocenters. The average Bonchev–Trinajstić information content (AvgIpc) is 2.09. The number of hydrogen-bond donors (Lipinski definition) is 2. The first-order valence-electron chi connectivity index (χ1n) is 4.25. The Morgan fingerprint density at radius 2 is 2.08 bits per heavy atom. The summed E-state index contributed by atoms with van der Waals surface area (Å²) in [6.45, 7) is 3.87. The first-order valence-corrected chi connectivity index (χ1v) is 4.25. The van der Waals surface area contributed by atoms with Crippen molar-refractivity contribution in [1.82, 2.24) is 0 Å². The molecule has 0 saturated carbocycles. The van der Waals surface area contributed by atoms with Gasteiger partial charge in [-0.1, -0.05) is 13.0 Å². The fourth-order valence-electron chi connectivity index (χ4n) is 1.39. The van der Waals surface area contributed by atoms with E-state index in [1.807, 2.05) is 19.9 Å². The summed E-state index contributed by atoms with van der Waals surface area (Å²) in [5, 5.41) is 0. The summed E-state index contributed by atoms with van der Waals surface area (Å²) in [5.41, 5.74) is 14.1. The number of benzene rings is 1. The first kappa shape index (κ1) is 9.58. The Kier molecular flexibility index (Phi) is 2.56. The Labute approximate surface area is 77.7 Å². The van der Waals surface area contributed by atoms with Crippen LogP contribution in [0.2, 0.25) is 0 Å². The molecule has 13 heavy (non-hydrogen) atoms. The van der Waals surface area contributed by atoms with Crippen LogP contribution in [0.4, 0.5) is 5.69 Å². The highest BCUT2D eigenvalue weighted by atomic mass is 16.1. The molecule has 1 rings (SSSR count). The number of rotatable bonds is 2. The third-order valence-corrected chi connectivity index (χ3v) is 2.19. The van der Waals surface area contributed by atoms with Crippen molar-refractivity contribution in [3.05, 3.63) is 28.8 Å². The van der Waals surface area contributed by atoms with E-state index in [0.29, 0.717) is 11.3 Å². The number of aryl methyl sites for hydroxylation is 1. The van der Waals surface area contributed by atoms with Crippen LogP contribution < -0.4 is 11.5 Å². The number of anilines is 1. The minimum absolute atomic E-state index is 0.413. The van der Waals surface area contributed by atoms with Gasteiger partial charge in [-0.25, -0.2) is 0 Å². The molecule has 0 fully saturated rings. The molecule has 0 atom stereocenters. The zero-order chi connectivity index (χ0) is 10.0. The fraction of sp³-hybridized carbons (Fsp3) is 0.300. The van der Waals surface area contributed by atoms with Gasteiger partial charge in [-0.15, -0.1) is 0 Å². The molecule has 0 aliphatic rings. The Morgan fingerprint density at radius 3 is 2.54 bits per heavy atom. The van der Waals surface area contributed by atoms with Gasteiger partial charge in [0.05, 0.1) is 0 Å². The molecule has 0 bridgehead atoms. The standard InChI is InChI=1S/C10H14N2O/c1-3-7-8(10(12)13)5-4-6(2)9(7)11/h4-5H,3,11H2,1-2H3,(H2,12,13). The summed E-state index contributed by atoms with van der Waals surface area (Å²) in [6.07, 6.45) is 0.728. The molecule has 0 saturated heterocycles. The van der Waals surface area contributed by atoms with Gasteiger partial charge in [0.1, 0.15) is 0 Å². The van der Waals surface area contributed by atoms with E-state index in [4.69, 9.17) is 11.5 Å². The van der Waals surface area contributed by atoms with E-state index >= 15 is 0 Å². The Hall–Kier alpha value is -1.51. The second-order valence-corrected chi connectivity index (χ2v) is 3.04. The highest BCUT2D eigenvalue weighted by Crippen LogP contribution is 2.21. The monoisotopic (exact) mass is 178 g/mol. The predicted molar refractivity (Wildman–Crippen MR) is 53.5 cm³/mol. The van der Waals surface area contributed by atoms with Crippen LogP contribution in [0, 0.1) is 6.92 Å². The summed E-state index contributed by atoms with van der Waals surface area (Å²) < 4.78 is 0. The highest BCUT2D eigenvalue weighted by molar-refractivity contribution is 5.96. The number of primary amides is 1. The molecular formula is C10H14N2O. The third-order valence-electron chi connectivity index (χ3n) is 2.19. The zero-order valence-electron chi connectivity index (χ0n) is 7.92. The van der Waals surface area contributed by atoms with Crippen molar-refractivity contribution in [1.29, 1.82) is 0 Å². The molecule has 0 aliphatic carbocycles. The van der Waals surface area contributed by atoms with Gasteiger partial charge >= 0.3 is 0 Å². The van der Waals surface area contributed by atoms with Gasteiger partial charge in [-0.3, -0.25) is 4.79 Å². The molecule has 3 nitrogen and oxygen atoms in total. The van der Waals surface area contributed by atoms with Gasteiger partial charge in [0.15, 0.2) is 0 Å². The number of carbonyl (C=O) groups excluding carboxylic acids is 1. The molecule has 1 aromatic rings. The average molecular weight is 178 g/mol. The van der Waals surface area contributed by atoms with Crippen LogP contribution in [0.15, 0.2) is 12.1 Å². The van der Waals surface area contributed by atoms with E-state index in [-0.39, 0.29) is 0 Å². The number of carbonyl (C=O) groups is 1. The van der Waals surface area contributed by atoms with Crippen molar-refractivity contribution < 1.29 is 4.79 Å². The summed E-state index contributed by atoms with van der Waals surface area (Å²) in [4.78, 5) is 11.0. The summed E-state index contributed by atoms with van der Waals surface area (Å²) >= 11 is 0. The zero-order valence-corrected chi connectivity index (χ0v) is 7.92. The lowest BCUT2D eigenvalue weighted by molar-refractivity contribution is 0.0999. The number of nitrogen functional groups attached to an aromatic ring is 1. The summed E-state index contributed by atoms with van der Waals surface area (Å²) in [5.74, 6) is -0.413. The van der Waals surface area contributed by atoms with Gasteiger partial charge in [0.2, 0.25) is 5.91 Å². The first-order chi connectivity index (χ1) is 6.07. The molecule has 0 aromatic heterocycles. The van der Waals surface area contributed by atoms with Crippen molar-refractivity contribution in [2.45, 2.75) is 20.3 Å². The molecule has 0 radical (unpaired) electrons. The van der Waals surface area contributed by atoms with Crippen LogP contribution >= 0.6 is 0 Å². The van der Waals surface area contributed by atoms with Crippen LogP contribution in [0.25, 0.3) is 0 Å². The van der Waals surface area contributed by atoms with Gasteiger partial charge in [0.25, 0.3) is 0 Å². The van der Waals surface area contributed by atoms with Crippen molar-refractivity contribution in [3.8, 4) is 0 Å². The fourth-order valence-corrected chi connectivity index (χ4v) is 1.39. The lowest BCUT2D eigenvalue weighted by Crippen LogP contribution is -2.15. The minimum Gasteiger partial charge on any atom is -0.398 e. The topological polar surface area (TPSA) is 69.1 Å². The third kappa shape index (κ3) is 1.64. The lowest BCUT2D eigenvalue weighted by atomic mass is 9.99. The van der Waals surface area contributed by atoms with E-state index < -0.39 is 5.91 Å². The Morgan fingerprint density at radius 1 is 1.46 bits per heavy atom. The SMILES string of the molecule is CCc1c(C(N)=O)ccc(C)c1N. The van der Waals surface area contributed by atoms with Gasteiger partial charge in [-0.05, 0) is 30.5 Å². The molecule has 3 heteroatoms. The smallest absolute Gasteiger partial charge is 0.249 e. The van der Waals surface area contributed by atoms with Crippen LogP contribution in [0.1, 0.15) is 28.4 Å². The number of hydrogen-bond acceptors (Lipinski definition) is 2. The lowest BCUT2D eigenvalue weighted by Gasteiger charge is -2.10. The normalized spacial score (nSPS) is 10.0. The molecule has 4 N–H and O–H groups in total. The van der Waals surface area contributed by atoms with E-state index in [2.05, 4.69) is 0 Å². The second-order valence-electron chi connectivity index (χ2n) is 3.04. The molecule has 70 valence electrons. The highest BCUT2D eigenvalue weighted by Gasteiger charge is 2.10. The van der Waals surface area contributed by atoms with Crippen molar-refractivity contribution in [2.75, 3.05) is 5.73 Å². The van der Waals surface area contributed by atoms with Crippen LogP contribution in [0.3, 0.4) is 0 Å². The van der Waals surface area contributed by atoms with E-state index in [9.17, 15) is 4.79 Å². The predicted octanol–water partition coefficient (Wildman–Crippen LogP) is 1.24. The van der Waals surface area contributed by atoms with E-state index in [1.54, 1.807) is 6.07 Å². The van der Waals surface area contributed by atoms with Crippen LogP contribution in [-0.4, -0.2) is 5.91 Å². The maximum absolute atomic E-state index is 11.0. The summed E-state index contributed by atoms with van der Waals surface area (Å²) in [7, 11) is 0.